The number of nitrogens with one attached hydrogen (secondary N) is 6. The molecule has 0 aliphatic carbocycles. The van der Waals surface area contributed by atoms with E-state index < -0.39 is 0 Å². The third-order valence-electron chi connectivity index (χ3n) is 10.8. The van der Waals surface area contributed by atoms with Crippen molar-refractivity contribution < 1.29 is 43.0 Å². The zero-order valence-electron chi connectivity index (χ0n) is 35.9. The molecule has 1 unspecified atom stereocenters. The van der Waals surface area contributed by atoms with Crippen molar-refractivity contribution in [3.05, 3.63) is 29.3 Å². The molecule has 10 N–H and O–H groups in total. The van der Waals surface area contributed by atoms with Crippen molar-refractivity contribution in [2.24, 2.45) is 0 Å². The van der Waals surface area contributed by atoms with Gasteiger partial charge in [-0.1, -0.05) is 12.5 Å². The molecule has 19 nitrogen and oxygen atoms in total. The zero-order valence-corrected chi connectivity index (χ0v) is 37.6. The van der Waals surface area contributed by atoms with Gasteiger partial charge in [0.05, 0.1) is 49.6 Å². The van der Waals surface area contributed by atoms with Crippen LogP contribution in [0.15, 0.2) is 24.4 Å². The molecule has 348 valence electrons. The third kappa shape index (κ3) is 16.7. The summed E-state index contributed by atoms with van der Waals surface area (Å²) in [7, 11) is 0. The second-order valence-electron chi connectivity index (χ2n) is 15.7. The molecule has 5 rings (SSSR count). The maximum absolute atomic E-state index is 13.0. The van der Waals surface area contributed by atoms with Crippen molar-refractivity contribution in [3.8, 4) is 0 Å². The number of urea groups is 1. The molecule has 0 bridgehead atoms. The maximum atomic E-state index is 13.0. The molecular weight excluding hydrogens is 853 g/mol. The Bertz CT molecular complexity index is 1870. The minimum absolute atomic E-state index is 0.0569. The van der Waals surface area contributed by atoms with E-state index in [2.05, 4.69) is 36.9 Å². The van der Waals surface area contributed by atoms with Gasteiger partial charge in [-0.25, -0.2) is 9.78 Å². The van der Waals surface area contributed by atoms with Crippen LogP contribution in [0, 0.1) is 0 Å². The van der Waals surface area contributed by atoms with Crippen LogP contribution in [-0.4, -0.2) is 147 Å². The first-order chi connectivity index (χ1) is 30.6. The Hall–Kier alpha value is -4.70. The zero-order chi connectivity index (χ0) is 44.8. The summed E-state index contributed by atoms with van der Waals surface area (Å²) in [5.41, 5.74) is 13.0. The molecule has 2 aromatic rings. The number of ether oxygens (including phenoxy) is 3. The summed E-state index contributed by atoms with van der Waals surface area (Å²) in [5, 5.41) is 18.5. The lowest BCUT2D eigenvalue weighted by Gasteiger charge is -2.32. The highest BCUT2D eigenvalue weighted by Gasteiger charge is 2.42. The van der Waals surface area contributed by atoms with Gasteiger partial charge >= 0.3 is 6.03 Å². The summed E-state index contributed by atoms with van der Waals surface area (Å²) in [6.45, 7) is 4.95. The van der Waals surface area contributed by atoms with Crippen LogP contribution in [0.25, 0.3) is 10.2 Å². The number of nitrogens with zero attached hydrogens (tertiary/aromatic N) is 2. The number of carbonyl (C=O) groups is 6. The summed E-state index contributed by atoms with van der Waals surface area (Å²) >= 11 is 3.08. The molecule has 21 heteroatoms. The number of hydrogen-bond donors (Lipinski definition) is 8. The van der Waals surface area contributed by atoms with Crippen LogP contribution < -0.4 is 43.4 Å². The predicted octanol–water partition coefficient (Wildman–Crippen LogP) is 1.81. The summed E-state index contributed by atoms with van der Waals surface area (Å²) in [6.07, 6.45) is 11.5. The first-order valence-corrected chi connectivity index (χ1v) is 23.9. The highest BCUT2D eigenvalue weighted by atomic mass is 32.2. The smallest absolute Gasteiger partial charge is 0.315 e. The average molecular weight is 917 g/mol. The number of thioether (sulfide) groups is 1. The number of unbranched alkanes of at least 4 members (excludes halogenated alkanes) is 1. The van der Waals surface area contributed by atoms with Crippen molar-refractivity contribution in [1.29, 1.82) is 0 Å². The van der Waals surface area contributed by atoms with E-state index in [1.165, 1.54) is 17.4 Å². The Kier molecular flexibility index (Phi) is 21.0. The van der Waals surface area contributed by atoms with Gasteiger partial charge in [0.1, 0.15) is 9.71 Å². The molecule has 4 atom stereocenters. The number of amides is 7. The first kappa shape index (κ1) is 49.3. The molecular formula is C42H64N10O9S2. The van der Waals surface area contributed by atoms with E-state index in [1.54, 1.807) is 23.2 Å². The van der Waals surface area contributed by atoms with Crippen LogP contribution in [0.4, 0.5) is 16.2 Å². The van der Waals surface area contributed by atoms with Crippen molar-refractivity contribution in [3.63, 3.8) is 0 Å². The minimum Gasteiger partial charge on any atom is -0.398 e. The van der Waals surface area contributed by atoms with Crippen LogP contribution in [0.2, 0.25) is 0 Å². The minimum atomic E-state index is -0.322. The molecule has 0 saturated carbocycles. The number of piperidine rings is 1. The quantitative estimate of drug-likeness (QED) is 0.0344. The molecule has 3 saturated heterocycles. The number of nitrogen functional groups attached to an aromatic ring is 2. The topological polar surface area (TPSA) is 270 Å². The monoisotopic (exact) mass is 916 g/mol. The van der Waals surface area contributed by atoms with Gasteiger partial charge in [-0.15, -0.1) is 11.3 Å². The third-order valence-corrected chi connectivity index (χ3v) is 13.4. The fourth-order valence-corrected chi connectivity index (χ4v) is 10.1. The number of fused-ring (bicyclic) bond motifs is 2. The molecule has 3 fully saturated rings. The molecule has 0 spiro atoms. The molecule has 7 amide bonds. The predicted molar refractivity (Wildman–Crippen MR) is 243 cm³/mol. The van der Waals surface area contributed by atoms with Crippen molar-refractivity contribution in [1.82, 2.24) is 41.8 Å². The summed E-state index contributed by atoms with van der Waals surface area (Å²) < 4.78 is 16.6. The molecule has 3 aliphatic rings. The Morgan fingerprint density at radius 2 is 1.52 bits per heavy atom. The summed E-state index contributed by atoms with van der Waals surface area (Å²) in [5.74, 6) is 0.134. The van der Waals surface area contributed by atoms with Crippen LogP contribution >= 0.6 is 23.1 Å². The Labute approximate surface area is 376 Å². The number of thiophene rings is 1. The van der Waals surface area contributed by atoms with E-state index in [0.717, 1.165) is 44.3 Å². The van der Waals surface area contributed by atoms with Gasteiger partial charge in [0.25, 0.3) is 5.91 Å². The molecule has 63 heavy (non-hydrogen) atoms. The highest BCUT2D eigenvalue weighted by molar-refractivity contribution is 8.00. The molecule has 0 aromatic carbocycles. The van der Waals surface area contributed by atoms with Crippen LogP contribution in [-0.2, 0) is 33.4 Å². The largest absolute Gasteiger partial charge is 0.398 e. The Morgan fingerprint density at radius 3 is 2.22 bits per heavy atom. The fraction of sp³-hybridized carbons (Fsp3) is 0.643. The van der Waals surface area contributed by atoms with E-state index >= 15 is 0 Å². The van der Waals surface area contributed by atoms with Gasteiger partial charge in [0.2, 0.25) is 23.6 Å². The Balaban J connectivity index is 0.760. The van der Waals surface area contributed by atoms with Gasteiger partial charge in [0, 0.05) is 100 Å². The number of carbonyl (C=O) groups excluding carboxylic acids is 6. The van der Waals surface area contributed by atoms with Gasteiger partial charge in [-0.3, -0.25) is 24.0 Å². The highest BCUT2D eigenvalue weighted by Crippen LogP contribution is 2.36. The first-order valence-electron chi connectivity index (χ1n) is 22.0. The molecule has 3 aliphatic heterocycles. The van der Waals surface area contributed by atoms with Gasteiger partial charge < -0.3 is 62.5 Å². The van der Waals surface area contributed by atoms with Gasteiger partial charge in [0.15, 0.2) is 0 Å². The normalized spacial score (nSPS) is 19.4. The van der Waals surface area contributed by atoms with Crippen molar-refractivity contribution in [2.75, 3.05) is 89.6 Å². The lowest BCUT2D eigenvalue weighted by molar-refractivity contribution is -0.127. The van der Waals surface area contributed by atoms with E-state index in [4.69, 9.17) is 25.7 Å². The maximum Gasteiger partial charge on any atom is 0.315 e. The number of anilines is 2. The van der Waals surface area contributed by atoms with Crippen LogP contribution in [0.5, 0.6) is 0 Å². The summed E-state index contributed by atoms with van der Waals surface area (Å²) in [6, 6.07) is 1.78. The lowest BCUT2D eigenvalue weighted by Crippen LogP contribution is -2.49. The number of hydrogen-bond acceptors (Lipinski definition) is 14. The molecule has 5 heterocycles. The second kappa shape index (κ2) is 26.8. The lowest BCUT2D eigenvalue weighted by atomic mass is 10.0. The van der Waals surface area contributed by atoms with Gasteiger partial charge in [-0.2, -0.15) is 11.8 Å². The van der Waals surface area contributed by atoms with E-state index in [-0.39, 0.29) is 73.1 Å². The van der Waals surface area contributed by atoms with E-state index in [9.17, 15) is 28.8 Å². The fourth-order valence-electron chi connectivity index (χ4n) is 7.52. The van der Waals surface area contributed by atoms with Gasteiger partial charge in [-0.05, 0) is 51.0 Å². The van der Waals surface area contributed by atoms with Crippen LogP contribution in [0.1, 0.15) is 80.3 Å². The summed E-state index contributed by atoms with van der Waals surface area (Å²) in [4.78, 5) is 80.7. The molecule has 0 radical (unpaired) electrons. The van der Waals surface area contributed by atoms with Crippen LogP contribution in [0.3, 0.4) is 0 Å². The number of nitrogens with two attached hydrogens (primary N) is 2. The molecule has 2 aromatic heterocycles. The van der Waals surface area contributed by atoms with Crippen molar-refractivity contribution >= 4 is 80.3 Å². The van der Waals surface area contributed by atoms with E-state index in [0.29, 0.717) is 117 Å². The number of rotatable bonds is 28. The number of aromatic nitrogens is 1. The standard InChI is InChI=1S/C42H64N10O9S2/c43-29-14-18-48-41-36(29)37(44)39(63-41)40(57)49-28-8-5-19-52(26-28)35(56)13-4-15-45-33(54)11-3-12-34(55)47-17-7-21-60-23-25-61-24-22-59-20-6-16-46-32(53)10-2-1-9-31-38-30(27-62-31)50-42(58)51-38/h4,13-14,18,28,30-31,38H,1-3,5-12,15-17,19-27,44H2,(H2,43,48)(H,45,54)(H,46,53)(H,47,55)(H,49,57)(H2,50,51,58)/b13-4+/t28?,30-,31+,38-/m0/s1. The Morgan fingerprint density at radius 1 is 0.857 bits per heavy atom. The second-order valence-corrected chi connectivity index (χ2v) is 18.0. The number of pyridine rings is 1. The van der Waals surface area contributed by atoms with E-state index in [1.807, 2.05) is 11.8 Å². The van der Waals surface area contributed by atoms with Crippen molar-refractivity contribution in [2.45, 2.75) is 94.0 Å². The SMILES string of the molecule is Nc1ccnc2sc(C(=O)NC3CCCN(C(=O)/C=C/CNC(=O)CCCC(=O)NCCCOCCOCCOCCCNC(=O)CCCC[C@H]4SC[C@@H]5NC(=O)N[C@@H]54)C3)c(N)c12. The average Bonchev–Trinajstić information content (AvgIpc) is 3.94. The number of likely N-dealkylation sites (tertiary alicyclic amines) is 1.